The average Bonchev–Trinajstić information content (AvgIpc) is 3.11. The molecular weight excluding hydrogens is 306 g/mol. The predicted molar refractivity (Wildman–Crippen MR) is 89.4 cm³/mol. The van der Waals surface area contributed by atoms with E-state index in [-0.39, 0.29) is 29.9 Å². The van der Waals surface area contributed by atoms with Crippen molar-refractivity contribution >= 4 is 11.8 Å². The number of nitrogens with one attached hydrogen (secondary N) is 1. The number of fused-ring (bicyclic) bond motifs is 1. The second-order valence-corrected chi connectivity index (χ2v) is 6.99. The van der Waals surface area contributed by atoms with Crippen LogP contribution in [-0.4, -0.2) is 69.8 Å². The maximum atomic E-state index is 12.7. The van der Waals surface area contributed by atoms with Crippen LogP contribution in [0.4, 0.5) is 0 Å². The number of carbonyl (C=O) groups is 2. The van der Waals surface area contributed by atoms with Crippen molar-refractivity contribution in [2.45, 2.75) is 45.3 Å². The molecule has 2 aliphatic rings. The van der Waals surface area contributed by atoms with Crippen LogP contribution in [0.2, 0.25) is 0 Å². The van der Waals surface area contributed by atoms with Crippen LogP contribution < -0.4 is 5.32 Å². The van der Waals surface area contributed by atoms with Crippen molar-refractivity contribution in [1.82, 2.24) is 25.1 Å². The van der Waals surface area contributed by atoms with Crippen LogP contribution in [0.1, 0.15) is 36.5 Å². The Morgan fingerprint density at radius 1 is 1.25 bits per heavy atom. The normalized spacial score (nSPS) is 26.7. The molecule has 7 heteroatoms. The fourth-order valence-electron chi connectivity index (χ4n) is 4.05. The molecule has 0 aliphatic carbocycles. The zero-order valence-electron chi connectivity index (χ0n) is 14.7. The molecule has 0 saturated carbocycles. The maximum Gasteiger partial charge on any atom is 0.274 e. The summed E-state index contributed by atoms with van der Waals surface area (Å²) in [5.74, 6) is 0.328. The quantitative estimate of drug-likeness (QED) is 0.870. The molecular formula is C17H25N5O2. The summed E-state index contributed by atoms with van der Waals surface area (Å²) in [5, 5.41) is 2.77. The Labute approximate surface area is 142 Å². The van der Waals surface area contributed by atoms with Gasteiger partial charge < -0.3 is 10.2 Å². The Morgan fingerprint density at radius 2 is 2.00 bits per heavy atom. The summed E-state index contributed by atoms with van der Waals surface area (Å²) in [6, 6.07) is 0.396. The van der Waals surface area contributed by atoms with Gasteiger partial charge in [0.2, 0.25) is 5.91 Å². The molecule has 24 heavy (non-hydrogen) atoms. The summed E-state index contributed by atoms with van der Waals surface area (Å²) in [6.45, 7) is 7.38. The van der Waals surface area contributed by atoms with Crippen LogP contribution in [-0.2, 0) is 4.79 Å². The van der Waals surface area contributed by atoms with Crippen LogP contribution in [0.5, 0.6) is 0 Å². The molecule has 2 fully saturated rings. The number of aryl methyl sites for hydroxylation is 1. The highest BCUT2D eigenvalue weighted by molar-refractivity contribution is 5.92. The molecule has 0 unspecified atom stereocenters. The predicted octanol–water partition coefficient (Wildman–Crippen LogP) is 0.454. The molecule has 7 nitrogen and oxygen atoms in total. The summed E-state index contributed by atoms with van der Waals surface area (Å²) >= 11 is 0. The third-order valence-corrected chi connectivity index (χ3v) is 5.11. The maximum absolute atomic E-state index is 12.7. The Kier molecular flexibility index (Phi) is 4.54. The second-order valence-electron chi connectivity index (χ2n) is 6.99. The largest absolute Gasteiger partial charge is 0.358 e. The van der Waals surface area contributed by atoms with Crippen LogP contribution >= 0.6 is 0 Å². The van der Waals surface area contributed by atoms with E-state index >= 15 is 0 Å². The number of amides is 2. The number of likely N-dealkylation sites (tertiary alicyclic amines) is 2. The highest BCUT2D eigenvalue weighted by Crippen LogP contribution is 2.37. The van der Waals surface area contributed by atoms with Gasteiger partial charge in [-0.15, -0.1) is 0 Å². The lowest BCUT2D eigenvalue weighted by atomic mass is 10.0. The third-order valence-electron chi connectivity index (χ3n) is 5.11. The minimum absolute atomic E-state index is 0.0698. The second kappa shape index (κ2) is 6.47. The van der Waals surface area contributed by atoms with Crippen LogP contribution in [0, 0.1) is 12.8 Å². The van der Waals surface area contributed by atoms with Crippen LogP contribution in [0.3, 0.4) is 0 Å². The van der Waals surface area contributed by atoms with Crippen molar-refractivity contribution in [2.75, 3.05) is 20.1 Å². The molecule has 3 atom stereocenters. The van der Waals surface area contributed by atoms with E-state index in [1.165, 1.54) is 0 Å². The Balaban J connectivity index is 1.75. The number of hydrogen-bond acceptors (Lipinski definition) is 5. The Bertz CT molecular complexity index is 630. The van der Waals surface area contributed by atoms with Gasteiger partial charge in [0.05, 0.1) is 17.9 Å². The molecule has 0 radical (unpaired) electrons. The molecule has 2 aliphatic heterocycles. The summed E-state index contributed by atoms with van der Waals surface area (Å²) < 4.78 is 0. The molecule has 3 rings (SSSR count). The first kappa shape index (κ1) is 16.8. The molecule has 2 saturated heterocycles. The van der Waals surface area contributed by atoms with Gasteiger partial charge in [-0.05, 0) is 33.1 Å². The fourth-order valence-corrected chi connectivity index (χ4v) is 4.05. The highest BCUT2D eigenvalue weighted by atomic mass is 16.2. The van der Waals surface area contributed by atoms with Crippen LogP contribution in [0.15, 0.2) is 12.4 Å². The van der Waals surface area contributed by atoms with E-state index in [1.807, 2.05) is 11.8 Å². The van der Waals surface area contributed by atoms with E-state index in [1.54, 1.807) is 19.4 Å². The number of aromatic nitrogens is 2. The van der Waals surface area contributed by atoms with Gasteiger partial charge in [0.1, 0.15) is 5.69 Å². The number of likely N-dealkylation sites (N-methyl/N-ethyl adjacent to an activating group) is 1. The minimum Gasteiger partial charge on any atom is -0.358 e. The first-order valence-corrected chi connectivity index (χ1v) is 8.49. The molecule has 0 aromatic carbocycles. The zero-order chi connectivity index (χ0) is 17.4. The highest BCUT2D eigenvalue weighted by Gasteiger charge is 2.50. The molecule has 3 heterocycles. The van der Waals surface area contributed by atoms with Crippen molar-refractivity contribution in [3.8, 4) is 0 Å². The van der Waals surface area contributed by atoms with E-state index in [9.17, 15) is 9.59 Å². The fraction of sp³-hybridized carbons (Fsp3) is 0.647. The molecule has 130 valence electrons. The molecule has 1 aromatic heterocycles. The first-order valence-electron chi connectivity index (χ1n) is 8.49. The smallest absolute Gasteiger partial charge is 0.274 e. The SMILES string of the molecule is CNC(=O)[C@@H]1C[C@H]2CN(C(=O)c3cnc(C)cn3)C[C@H]2N1C(C)C. The number of hydrogen-bond donors (Lipinski definition) is 1. The topological polar surface area (TPSA) is 78.4 Å². The van der Waals surface area contributed by atoms with Gasteiger partial charge >= 0.3 is 0 Å². The average molecular weight is 331 g/mol. The minimum atomic E-state index is -0.0959. The lowest BCUT2D eigenvalue weighted by Gasteiger charge is -2.33. The lowest BCUT2D eigenvalue weighted by molar-refractivity contribution is -0.126. The van der Waals surface area contributed by atoms with E-state index in [0.29, 0.717) is 24.7 Å². The number of rotatable bonds is 3. The van der Waals surface area contributed by atoms with Gasteiger partial charge in [0.25, 0.3) is 5.91 Å². The van der Waals surface area contributed by atoms with E-state index in [0.717, 1.165) is 12.1 Å². The van der Waals surface area contributed by atoms with Crippen molar-refractivity contribution in [3.05, 3.63) is 23.8 Å². The molecule has 0 bridgehead atoms. The van der Waals surface area contributed by atoms with Crippen molar-refractivity contribution < 1.29 is 9.59 Å². The third kappa shape index (κ3) is 2.88. The lowest BCUT2D eigenvalue weighted by Crippen LogP contribution is -2.50. The summed E-state index contributed by atoms with van der Waals surface area (Å²) in [4.78, 5) is 37.3. The van der Waals surface area contributed by atoms with E-state index in [2.05, 4.69) is 34.0 Å². The number of carbonyl (C=O) groups excluding carboxylic acids is 2. The summed E-state index contributed by atoms with van der Waals surface area (Å²) in [7, 11) is 1.68. The van der Waals surface area contributed by atoms with Gasteiger partial charge in [0.15, 0.2) is 0 Å². The van der Waals surface area contributed by atoms with Crippen molar-refractivity contribution in [1.29, 1.82) is 0 Å². The first-order chi connectivity index (χ1) is 11.4. The molecule has 2 amide bonds. The van der Waals surface area contributed by atoms with Crippen molar-refractivity contribution in [3.63, 3.8) is 0 Å². The summed E-state index contributed by atoms with van der Waals surface area (Å²) in [5.41, 5.74) is 1.18. The Morgan fingerprint density at radius 3 is 2.58 bits per heavy atom. The van der Waals surface area contributed by atoms with E-state index in [4.69, 9.17) is 0 Å². The van der Waals surface area contributed by atoms with E-state index < -0.39 is 0 Å². The summed E-state index contributed by atoms with van der Waals surface area (Å²) in [6.07, 6.45) is 3.96. The molecule has 0 spiro atoms. The standard InChI is InChI=1S/C17H25N5O2/c1-10(2)22-14(16(23)18-4)5-12-8-21(9-15(12)22)17(24)13-7-19-11(3)6-20-13/h6-7,10,12,14-15H,5,8-9H2,1-4H3,(H,18,23)/t12-,14-,15+/m0/s1. The van der Waals surface area contributed by atoms with Crippen molar-refractivity contribution in [2.24, 2.45) is 5.92 Å². The number of nitrogens with zero attached hydrogens (tertiary/aromatic N) is 4. The van der Waals surface area contributed by atoms with Gasteiger partial charge in [0, 0.05) is 38.4 Å². The zero-order valence-corrected chi connectivity index (χ0v) is 14.7. The molecule has 1 N–H and O–H groups in total. The van der Waals surface area contributed by atoms with Gasteiger partial charge in [-0.1, -0.05) is 0 Å². The van der Waals surface area contributed by atoms with Crippen LogP contribution in [0.25, 0.3) is 0 Å². The van der Waals surface area contributed by atoms with Gasteiger partial charge in [-0.3, -0.25) is 19.5 Å². The monoisotopic (exact) mass is 331 g/mol. The van der Waals surface area contributed by atoms with Gasteiger partial charge in [-0.2, -0.15) is 0 Å². The Hall–Kier alpha value is -2.02. The molecule has 1 aromatic rings. The van der Waals surface area contributed by atoms with Gasteiger partial charge in [-0.25, -0.2) is 4.98 Å².